The fourth-order valence-corrected chi connectivity index (χ4v) is 4.57. The predicted molar refractivity (Wildman–Crippen MR) is 126 cm³/mol. The van der Waals surface area contributed by atoms with Gasteiger partial charge in [-0.1, -0.05) is 18.7 Å². The van der Waals surface area contributed by atoms with Crippen molar-refractivity contribution >= 4 is 50.8 Å². The Morgan fingerprint density at radius 1 is 1.21 bits per heavy atom. The van der Waals surface area contributed by atoms with E-state index in [1.807, 2.05) is 6.92 Å². The number of ether oxygens (including phenoxy) is 1. The standard InChI is InChI=1S/C21H22N4O6S2/c1-4-19-20(27)24-21(32-19)25-22-12-14-5-10-17(18(11-14)30-3)31-33(28,29)16-8-6-15(7-9-16)23-13(2)26/h5-12,19H,4H2,1-3H3,(H,23,26)(H,24,25,27)/b22-12+. The molecule has 1 fully saturated rings. The Bertz CT molecular complexity index is 1210. The molecule has 3 rings (SSSR count). The normalized spacial score (nSPS) is 17.2. The van der Waals surface area contributed by atoms with Crippen molar-refractivity contribution in [2.24, 2.45) is 10.2 Å². The number of nitrogens with zero attached hydrogens (tertiary/aromatic N) is 2. The number of hydrogen-bond acceptors (Lipinski definition) is 9. The summed E-state index contributed by atoms with van der Waals surface area (Å²) in [7, 11) is -2.75. The van der Waals surface area contributed by atoms with Crippen LogP contribution in [-0.4, -0.2) is 44.0 Å². The molecule has 1 heterocycles. The maximum Gasteiger partial charge on any atom is 0.339 e. The third-order valence-corrected chi connectivity index (χ3v) is 6.84. The Kier molecular flexibility index (Phi) is 7.71. The topological polar surface area (TPSA) is 136 Å². The van der Waals surface area contributed by atoms with E-state index in [0.29, 0.717) is 22.8 Å². The van der Waals surface area contributed by atoms with Gasteiger partial charge in [0.25, 0.3) is 0 Å². The SMILES string of the molecule is CCC1S/C(=N/N=C/c2ccc(OS(=O)(=O)c3ccc(NC(C)=O)cc3)c(OC)c2)NC1=O. The third-order valence-electron chi connectivity index (χ3n) is 4.35. The molecule has 0 saturated carbocycles. The van der Waals surface area contributed by atoms with Gasteiger partial charge in [-0.25, -0.2) is 0 Å². The zero-order valence-corrected chi connectivity index (χ0v) is 19.7. The van der Waals surface area contributed by atoms with Crippen LogP contribution in [0.25, 0.3) is 0 Å². The van der Waals surface area contributed by atoms with Crippen LogP contribution in [0.4, 0.5) is 5.69 Å². The molecule has 2 aromatic rings. The molecule has 1 aliphatic rings. The van der Waals surface area contributed by atoms with Gasteiger partial charge in [0.2, 0.25) is 11.8 Å². The summed E-state index contributed by atoms with van der Waals surface area (Å²) in [4.78, 5) is 22.7. The van der Waals surface area contributed by atoms with Crippen LogP contribution in [-0.2, 0) is 19.7 Å². The predicted octanol–water partition coefficient (Wildman–Crippen LogP) is 2.75. The second kappa shape index (κ2) is 10.5. The number of amides is 2. The van der Waals surface area contributed by atoms with Gasteiger partial charge in [-0.2, -0.15) is 13.5 Å². The summed E-state index contributed by atoms with van der Waals surface area (Å²) in [5.74, 6) is -0.181. The van der Waals surface area contributed by atoms with Crippen molar-refractivity contribution in [1.29, 1.82) is 0 Å². The molecule has 10 nitrogen and oxygen atoms in total. The Labute approximate surface area is 195 Å². The van der Waals surface area contributed by atoms with Gasteiger partial charge in [-0.15, -0.1) is 5.10 Å². The van der Waals surface area contributed by atoms with Crippen molar-refractivity contribution in [3.05, 3.63) is 48.0 Å². The second-order valence-electron chi connectivity index (χ2n) is 6.81. The molecule has 0 aromatic heterocycles. The van der Waals surface area contributed by atoms with Crippen LogP contribution >= 0.6 is 11.8 Å². The number of rotatable bonds is 8. The fourth-order valence-electron chi connectivity index (χ4n) is 2.78. The summed E-state index contributed by atoms with van der Waals surface area (Å²) in [5, 5.41) is 13.4. The number of thioether (sulfide) groups is 1. The molecule has 174 valence electrons. The van der Waals surface area contributed by atoms with Gasteiger partial charge in [-0.05, 0) is 54.4 Å². The summed E-state index contributed by atoms with van der Waals surface area (Å²) in [6.45, 7) is 3.27. The lowest BCUT2D eigenvalue weighted by Gasteiger charge is -2.11. The summed E-state index contributed by atoms with van der Waals surface area (Å²) >= 11 is 1.32. The summed E-state index contributed by atoms with van der Waals surface area (Å²) < 4.78 is 35.8. The van der Waals surface area contributed by atoms with E-state index >= 15 is 0 Å². The lowest BCUT2D eigenvalue weighted by molar-refractivity contribution is -0.119. The van der Waals surface area contributed by atoms with Gasteiger partial charge in [0.15, 0.2) is 16.7 Å². The molecule has 2 amide bonds. The number of methoxy groups -OCH3 is 1. The molecule has 1 atom stereocenters. The molecule has 0 bridgehead atoms. The number of amidine groups is 1. The molecule has 12 heteroatoms. The molecular formula is C21H22N4O6S2. The highest BCUT2D eigenvalue weighted by molar-refractivity contribution is 8.15. The summed E-state index contributed by atoms with van der Waals surface area (Å²) in [6.07, 6.45) is 2.14. The lowest BCUT2D eigenvalue weighted by Crippen LogP contribution is -2.24. The van der Waals surface area contributed by atoms with Crippen LogP contribution in [0.3, 0.4) is 0 Å². The Morgan fingerprint density at radius 3 is 2.55 bits per heavy atom. The number of anilines is 1. The van der Waals surface area contributed by atoms with Gasteiger partial charge in [-0.3, -0.25) is 9.59 Å². The first-order valence-corrected chi connectivity index (χ1v) is 12.1. The van der Waals surface area contributed by atoms with Crippen molar-refractivity contribution < 1.29 is 26.9 Å². The molecule has 2 aromatic carbocycles. The number of nitrogens with one attached hydrogen (secondary N) is 2. The van der Waals surface area contributed by atoms with Crippen molar-refractivity contribution in [3.63, 3.8) is 0 Å². The first-order valence-electron chi connectivity index (χ1n) is 9.80. The first kappa shape index (κ1) is 24.3. The number of benzene rings is 2. The average molecular weight is 491 g/mol. The molecule has 2 N–H and O–H groups in total. The monoisotopic (exact) mass is 490 g/mol. The molecule has 33 heavy (non-hydrogen) atoms. The lowest BCUT2D eigenvalue weighted by atomic mass is 10.2. The summed E-state index contributed by atoms with van der Waals surface area (Å²) in [5.41, 5.74) is 1.05. The van der Waals surface area contributed by atoms with E-state index in [0.717, 1.165) is 0 Å². The first-order chi connectivity index (χ1) is 15.7. The van der Waals surface area contributed by atoms with Crippen LogP contribution in [0.5, 0.6) is 11.5 Å². The van der Waals surface area contributed by atoms with Crippen molar-refractivity contribution in [2.75, 3.05) is 12.4 Å². The molecule has 0 spiro atoms. The van der Waals surface area contributed by atoms with Gasteiger partial charge in [0.05, 0.1) is 18.6 Å². The van der Waals surface area contributed by atoms with Crippen LogP contribution < -0.4 is 19.6 Å². The molecule has 0 aliphatic carbocycles. The molecule has 0 radical (unpaired) electrons. The highest BCUT2D eigenvalue weighted by Gasteiger charge is 2.28. The summed E-state index contributed by atoms with van der Waals surface area (Å²) in [6, 6.07) is 10.2. The minimum absolute atomic E-state index is 0.00343. The minimum Gasteiger partial charge on any atom is -0.493 e. The van der Waals surface area contributed by atoms with Gasteiger partial charge >= 0.3 is 10.1 Å². The van der Waals surface area contributed by atoms with E-state index in [1.165, 1.54) is 62.3 Å². The van der Waals surface area contributed by atoms with Gasteiger partial charge < -0.3 is 19.6 Å². The van der Waals surface area contributed by atoms with Gasteiger partial charge in [0.1, 0.15) is 4.90 Å². The number of carbonyl (C=O) groups is 2. The number of carbonyl (C=O) groups excluding carboxylic acids is 2. The van der Waals surface area contributed by atoms with Gasteiger partial charge in [0, 0.05) is 12.6 Å². The molecule has 1 saturated heterocycles. The maximum absolute atomic E-state index is 12.6. The quantitative estimate of drug-likeness (QED) is 0.330. The number of hydrogen-bond donors (Lipinski definition) is 2. The smallest absolute Gasteiger partial charge is 0.339 e. The molecular weight excluding hydrogens is 468 g/mol. The van der Waals surface area contributed by atoms with E-state index in [2.05, 4.69) is 20.8 Å². The zero-order chi connectivity index (χ0) is 24.0. The minimum atomic E-state index is -4.14. The molecule has 1 aliphatic heterocycles. The van der Waals surface area contributed by atoms with Crippen molar-refractivity contribution in [2.45, 2.75) is 30.4 Å². The highest BCUT2D eigenvalue weighted by Crippen LogP contribution is 2.31. The van der Waals surface area contributed by atoms with E-state index in [4.69, 9.17) is 8.92 Å². The van der Waals surface area contributed by atoms with E-state index < -0.39 is 10.1 Å². The Balaban J connectivity index is 1.73. The van der Waals surface area contributed by atoms with E-state index in [1.54, 1.807) is 12.1 Å². The zero-order valence-electron chi connectivity index (χ0n) is 18.1. The van der Waals surface area contributed by atoms with Crippen LogP contribution in [0.2, 0.25) is 0 Å². The van der Waals surface area contributed by atoms with E-state index in [9.17, 15) is 18.0 Å². The highest BCUT2D eigenvalue weighted by atomic mass is 32.2. The van der Waals surface area contributed by atoms with Crippen molar-refractivity contribution in [3.8, 4) is 11.5 Å². The fraction of sp³-hybridized carbons (Fsp3) is 0.238. The Hall–Kier alpha value is -3.38. The third kappa shape index (κ3) is 6.33. The van der Waals surface area contributed by atoms with Crippen LogP contribution in [0, 0.1) is 0 Å². The van der Waals surface area contributed by atoms with Crippen LogP contribution in [0.15, 0.2) is 57.6 Å². The largest absolute Gasteiger partial charge is 0.493 e. The van der Waals surface area contributed by atoms with Crippen molar-refractivity contribution in [1.82, 2.24) is 5.32 Å². The maximum atomic E-state index is 12.6. The van der Waals surface area contributed by atoms with E-state index in [-0.39, 0.29) is 33.5 Å². The van der Waals surface area contributed by atoms with Crippen LogP contribution in [0.1, 0.15) is 25.8 Å². The Morgan fingerprint density at radius 2 is 1.94 bits per heavy atom. The molecule has 1 unspecified atom stereocenters. The average Bonchev–Trinajstić information content (AvgIpc) is 3.13. The second-order valence-corrected chi connectivity index (χ2v) is 9.54.